The number of nitrogens with zero attached hydrogens (tertiary/aromatic N) is 4. The number of anilines is 1. The van der Waals surface area contributed by atoms with Gasteiger partial charge in [0.2, 0.25) is 16.6 Å². The molecule has 0 spiro atoms. The lowest BCUT2D eigenvalue weighted by molar-refractivity contribution is -0.120. The summed E-state index contributed by atoms with van der Waals surface area (Å²) in [6, 6.07) is 7.99. The number of aromatic nitrogens is 2. The number of carbonyl (C=O) groups excluding carboxylic acids is 2. The molecule has 9 heteroatoms. The van der Waals surface area contributed by atoms with Crippen LogP contribution in [-0.4, -0.2) is 27.9 Å². The van der Waals surface area contributed by atoms with E-state index in [0.717, 1.165) is 21.4 Å². The molecule has 1 aliphatic heterocycles. The van der Waals surface area contributed by atoms with Crippen LogP contribution in [0.3, 0.4) is 0 Å². The van der Waals surface area contributed by atoms with Crippen molar-refractivity contribution in [3.63, 3.8) is 0 Å². The fraction of sp³-hybridized carbons (Fsp3) is 0.294. The molecule has 0 saturated carbocycles. The van der Waals surface area contributed by atoms with E-state index in [2.05, 4.69) is 15.5 Å². The van der Waals surface area contributed by atoms with E-state index < -0.39 is 0 Å². The molecule has 1 fully saturated rings. The van der Waals surface area contributed by atoms with Gasteiger partial charge in [0, 0.05) is 25.4 Å². The van der Waals surface area contributed by atoms with Crippen molar-refractivity contribution in [2.45, 2.75) is 19.3 Å². The average molecular weight is 387 g/mol. The molecule has 4 rings (SSSR count). The van der Waals surface area contributed by atoms with Gasteiger partial charge in [0.1, 0.15) is 0 Å². The van der Waals surface area contributed by atoms with Gasteiger partial charge < -0.3 is 4.57 Å². The molecule has 1 aliphatic rings. The lowest BCUT2D eigenvalue weighted by atomic mass is 10.3. The van der Waals surface area contributed by atoms with Crippen LogP contribution in [0.25, 0.3) is 10.2 Å². The number of carbonyl (C=O) groups is 2. The summed E-state index contributed by atoms with van der Waals surface area (Å²) < 4.78 is 3.06. The highest BCUT2D eigenvalue weighted by Crippen LogP contribution is 2.25. The predicted octanol–water partition coefficient (Wildman–Crippen LogP) is 2.00. The molecular formula is C17H17N5O2S2. The molecule has 0 unspecified atom stereocenters. The summed E-state index contributed by atoms with van der Waals surface area (Å²) >= 11 is 2.91. The molecule has 134 valence electrons. The second kappa shape index (κ2) is 7.00. The number of aryl methyl sites for hydroxylation is 1. The Balaban J connectivity index is 1.45. The summed E-state index contributed by atoms with van der Waals surface area (Å²) in [4.78, 5) is 30.8. The van der Waals surface area contributed by atoms with Crippen LogP contribution in [0.1, 0.15) is 18.5 Å². The van der Waals surface area contributed by atoms with Crippen molar-refractivity contribution in [2.75, 3.05) is 11.4 Å². The zero-order chi connectivity index (χ0) is 18.1. The summed E-state index contributed by atoms with van der Waals surface area (Å²) in [5, 5.41) is 6.72. The Morgan fingerprint density at radius 3 is 3.00 bits per heavy atom. The van der Waals surface area contributed by atoms with Crippen molar-refractivity contribution >= 4 is 49.8 Å². The van der Waals surface area contributed by atoms with Gasteiger partial charge in [-0.15, -0.1) is 16.4 Å². The molecular weight excluding hydrogens is 370 g/mol. The Bertz CT molecular complexity index is 1050. The molecule has 1 saturated heterocycles. The zero-order valence-electron chi connectivity index (χ0n) is 14.1. The summed E-state index contributed by atoms with van der Waals surface area (Å²) in [5.41, 5.74) is 4.32. The Hall–Kier alpha value is -2.52. The van der Waals surface area contributed by atoms with Gasteiger partial charge in [0.05, 0.1) is 22.3 Å². The average Bonchev–Trinajstić information content (AvgIpc) is 3.33. The summed E-state index contributed by atoms with van der Waals surface area (Å²) in [6.45, 7) is 0.704. The van der Waals surface area contributed by atoms with Crippen molar-refractivity contribution in [1.82, 2.24) is 15.0 Å². The molecule has 2 amide bonds. The lowest BCUT2D eigenvalue weighted by Crippen LogP contribution is -2.25. The first-order valence-electron chi connectivity index (χ1n) is 8.24. The van der Waals surface area contributed by atoms with E-state index in [0.29, 0.717) is 23.8 Å². The third kappa shape index (κ3) is 3.27. The van der Waals surface area contributed by atoms with E-state index in [1.54, 1.807) is 4.90 Å². The highest BCUT2D eigenvalue weighted by Gasteiger charge is 2.24. The van der Waals surface area contributed by atoms with Crippen LogP contribution in [0.15, 0.2) is 34.7 Å². The Morgan fingerprint density at radius 2 is 2.23 bits per heavy atom. The topological polar surface area (TPSA) is 79.6 Å². The first kappa shape index (κ1) is 16.9. The van der Waals surface area contributed by atoms with Crippen molar-refractivity contribution < 1.29 is 9.59 Å². The van der Waals surface area contributed by atoms with E-state index in [9.17, 15) is 9.59 Å². The number of hydrogen-bond donors (Lipinski definition) is 1. The summed E-state index contributed by atoms with van der Waals surface area (Å²) in [6.07, 6.45) is 1.57. The molecule has 26 heavy (non-hydrogen) atoms. The molecule has 3 aromatic rings. The fourth-order valence-electron chi connectivity index (χ4n) is 2.85. The van der Waals surface area contributed by atoms with E-state index >= 15 is 0 Å². The Morgan fingerprint density at radius 1 is 1.38 bits per heavy atom. The Kier molecular flexibility index (Phi) is 4.56. The minimum Gasteiger partial charge on any atom is -0.318 e. The summed E-state index contributed by atoms with van der Waals surface area (Å²) in [7, 11) is 1.92. The molecule has 1 aromatic carbocycles. The van der Waals surface area contributed by atoms with Gasteiger partial charge in [-0.3, -0.25) is 14.5 Å². The van der Waals surface area contributed by atoms with Crippen LogP contribution >= 0.6 is 22.7 Å². The van der Waals surface area contributed by atoms with Crippen LogP contribution in [0.5, 0.6) is 0 Å². The van der Waals surface area contributed by atoms with Crippen molar-refractivity contribution in [3.8, 4) is 0 Å². The molecule has 2 aromatic heterocycles. The SMILES string of the molecule is Cn1/c(=N/NC(=O)Cc2csc(N3CCCC3=O)n2)sc2ccccc21. The van der Waals surface area contributed by atoms with Gasteiger partial charge >= 0.3 is 0 Å². The molecule has 7 nitrogen and oxygen atoms in total. The van der Waals surface area contributed by atoms with Gasteiger partial charge in [-0.05, 0) is 18.6 Å². The Labute approximate surface area is 157 Å². The second-order valence-electron chi connectivity index (χ2n) is 6.01. The molecule has 0 atom stereocenters. The quantitative estimate of drug-likeness (QED) is 0.696. The normalized spacial score (nSPS) is 15.2. The molecule has 3 heterocycles. The third-order valence-electron chi connectivity index (χ3n) is 4.18. The van der Waals surface area contributed by atoms with Gasteiger partial charge in [0.15, 0.2) is 5.13 Å². The molecule has 0 radical (unpaired) electrons. The molecule has 1 N–H and O–H groups in total. The van der Waals surface area contributed by atoms with Gasteiger partial charge in [-0.2, -0.15) is 0 Å². The van der Waals surface area contributed by atoms with E-state index in [-0.39, 0.29) is 18.2 Å². The highest BCUT2D eigenvalue weighted by molar-refractivity contribution is 7.16. The minimum absolute atomic E-state index is 0.0996. The second-order valence-corrected chi connectivity index (χ2v) is 7.85. The first-order valence-corrected chi connectivity index (χ1v) is 9.93. The molecule has 0 bridgehead atoms. The molecule has 0 aliphatic carbocycles. The largest absolute Gasteiger partial charge is 0.318 e. The van der Waals surface area contributed by atoms with E-state index in [1.165, 1.54) is 22.7 Å². The van der Waals surface area contributed by atoms with Crippen LogP contribution in [0, 0.1) is 0 Å². The zero-order valence-corrected chi connectivity index (χ0v) is 15.8. The smallest absolute Gasteiger partial charge is 0.246 e. The number of amides is 2. The van der Waals surface area contributed by atoms with E-state index in [1.807, 2.05) is 41.3 Å². The van der Waals surface area contributed by atoms with Crippen molar-refractivity contribution in [2.24, 2.45) is 12.1 Å². The third-order valence-corrected chi connectivity index (χ3v) is 6.20. The highest BCUT2D eigenvalue weighted by atomic mass is 32.1. The summed E-state index contributed by atoms with van der Waals surface area (Å²) in [5.74, 6) is -0.130. The van der Waals surface area contributed by atoms with Crippen LogP contribution in [0.2, 0.25) is 0 Å². The van der Waals surface area contributed by atoms with Crippen molar-refractivity contribution in [3.05, 3.63) is 40.1 Å². The number of thiazole rings is 2. The number of hydrogen-bond acceptors (Lipinski definition) is 6. The number of nitrogens with one attached hydrogen (secondary N) is 1. The fourth-order valence-corrected chi connectivity index (χ4v) is 4.70. The van der Waals surface area contributed by atoms with Crippen LogP contribution < -0.4 is 15.1 Å². The maximum Gasteiger partial charge on any atom is 0.246 e. The number of rotatable bonds is 4. The lowest BCUT2D eigenvalue weighted by Gasteiger charge is -2.10. The number of para-hydroxylation sites is 1. The monoisotopic (exact) mass is 387 g/mol. The van der Waals surface area contributed by atoms with Crippen molar-refractivity contribution in [1.29, 1.82) is 0 Å². The van der Waals surface area contributed by atoms with E-state index in [4.69, 9.17) is 0 Å². The van der Waals surface area contributed by atoms with Crippen LogP contribution in [0.4, 0.5) is 5.13 Å². The maximum atomic E-state index is 12.2. The van der Waals surface area contributed by atoms with Gasteiger partial charge in [-0.1, -0.05) is 23.5 Å². The van der Waals surface area contributed by atoms with Gasteiger partial charge in [0.25, 0.3) is 0 Å². The number of benzene rings is 1. The maximum absolute atomic E-state index is 12.2. The number of fused-ring (bicyclic) bond motifs is 1. The predicted molar refractivity (Wildman–Crippen MR) is 102 cm³/mol. The standard InChI is InChI=1S/C17H17N5O2S2/c1-21-12-5-2-3-6-13(12)26-17(21)20-19-14(23)9-11-10-25-16(18-11)22-8-4-7-15(22)24/h2-3,5-6,10H,4,7-9H2,1H3,(H,19,23)/b20-17-. The first-order chi connectivity index (χ1) is 12.6. The minimum atomic E-state index is -0.230. The van der Waals surface area contributed by atoms with Gasteiger partial charge in [-0.25, -0.2) is 10.4 Å². The van der Waals surface area contributed by atoms with Crippen LogP contribution in [-0.2, 0) is 23.1 Å².